The van der Waals surface area contributed by atoms with Gasteiger partial charge in [0.15, 0.2) is 5.43 Å². The van der Waals surface area contributed by atoms with Crippen LogP contribution in [0.3, 0.4) is 0 Å². The van der Waals surface area contributed by atoms with Crippen molar-refractivity contribution < 1.29 is 13.9 Å². The Balaban J connectivity index is 2.86. The summed E-state index contributed by atoms with van der Waals surface area (Å²) >= 11 is 0. The minimum absolute atomic E-state index is 0.00223. The van der Waals surface area contributed by atoms with Gasteiger partial charge in [-0.3, -0.25) is 4.79 Å². The molecule has 1 N–H and O–H groups in total. The zero-order valence-electron chi connectivity index (χ0n) is 8.08. The minimum Gasteiger partial charge on any atom is -0.508 e. The highest BCUT2D eigenvalue weighted by Crippen LogP contribution is 2.22. The van der Waals surface area contributed by atoms with Gasteiger partial charge in [0.05, 0.1) is 5.39 Å². The van der Waals surface area contributed by atoms with Crippen molar-refractivity contribution in [2.45, 2.75) is 13.6 Å². The smallest absolute Gasteiger partial charge is 0.193 e. The Bertz CT molecular complexity index is 572. The quantitative estimate of drug-likeness (QED) is 0.782. The number of rotatable bonds is 1. The lowest BCUT2D eigenvalue weighted by molar-refractivity contribution is 0.400. The maximum atomic E-state index is 12.3. The summed E-state index contributed by atoms with van der Waals surface area (Å²) in [6.07, 6.45) is 0. The molecule has 0 aliphatic rings. The molecule has 0 bridgehead atoms. The summed E-state index contributed by atoms with van der Waals surface area (Å²) in [6.45, 7) is 0.863. The molecule has 1 heterocycles. The number of aryl methyl sites for hydroxylation is 1. The van der Waals surface area contributed by atoms with Crippen LogP contribution in [-0.2, 0) is 6.67 Å². The fraction of sp³-hybridized carbons (Fsp3) is 0.182. The van der Waals surface area contributed by atoms with Gasteiger partial charge in [-0.2, -0.15) is 0 Å². The normalized spacial score (nSPS) is 10.8. The number of benzene rings is 1. The summed E-state index contributed by atoms with van der Waals surface area (Å²) in [5.74, 6) is 0.0281. The lowest BCUT2D eigenvalue weighted by atomic mass is 10.1. The Morgan fingerprint density at radius 1 is 1.40 bits per heavy atom. The van der Waals surface area contributed by atoms with E-state index in [2.05, 4.69) is 0 Å². The topological polar surface area (TPSA) is 50.4 Å². The van der Waals surface area contributed by atoms with E-state index in [4.69, 9.17) is 4.42 Å². The van der Waals surface area contributed by atoms with Crippen LogP contribution in [0.5, 0.6) is 5.75 Å². The molecular formula is C11H9FO3. The van der Waals surface area contributed by atoms with Crippen molar-refractivity contribution in [2.75, 3.05) is 0 Å². The van der Waals surface area contributed by atoms with Crippen LogP contribution in [0.4, 0.5) is 4.39 Å². The molecule has 15 heavy (non-hydrogen) atoms. The number of hydrogen-bond donors (Lipinski definition) is 1. The van der Waals surface area contributed by atoms with Gasteiger partial charge < -0.3 is 9.52 Å². The van der Waals surface area contributed by atoms with Crippen molar-refractivity contribution in [3.05, 3.63) is 39.7 Å². The molecule has 0 saturated heterocycles. The summed E-state index contributed by atoms with van der Waals surface area (Å²) in [4.78, 5) is 11.5. The average molecular weight is 208 g/mol. The molecule has 0 saturated carbocycles. The molecule has 4 heteroatoms. The third kappa shape index (κ3) is 1.58. The van der Waals surface area contributed by atoms with Crippen LogP contribution in [0.25, 0.3) is 11.0 Å². The highest BCUT2D eigenvalue weighted by Gasteiger charge is 2.07. The number of fused-ring (bicyclic) bond motifs is 1. The van der Waals surface area contributed by atoms with Gasteiger partial charge >= 0.3 is 0 Å². The number of halogens is 1. The van der Waals surface area contributed by atoms with Gasteiger partial charge in [0.1, 0.15) is 23.8 Å². The monoisotopic (exact) mass is 208 g/mol. The van der Waals surface area contributed by atoms with E-state index in [-0.39, 0.29) is 22.3 Å². The first-order valence-corrected chi connectivity index (χ1v) is 4.44. The van der Waals surface area contributed by atoms with Crippen molar-refractivity contribution in [1.82, 2.24) is 0 Å². The summed E-state index contributed by atoms with van der Waals surface area (Å²) in [5, 5.41) is 9.67. The van der Waals surface area contributed by atoms with Gasteiger partial charge in [-0.05, 0) is 24.6 Å². The molecule has 3 nitrogen and oxygen atoms in total. The number of alkyl halides is 1. The molecule has 0 aliphatic carbocycles. The Labute approximate surface area is 84.8 Å². The summed E-state index contributed by atoms with van der Waals surface area (Å²) in [7, 11) is 0. The van der Waals surface area contributed by atoms with E-state index in [0.29, 0.717) is 11.1 Å². The van der Waals surface area contributed by atoms with Gasteiger partial charge in [-0.15, -0.1) is 0 Å². The predicted octanol–water partition coefficient (Wildman–Crippen LogP) is 2.28. The molecule has 1 aromatic heterocycles. The largest absolute Gasteiger partial charge is 0.508 e. The zero-order chi connectivity index (χ0) is 11.0. The predicted molar refractivity (Wildman–Crippen MR) is 53.7 cm³/mol. The van der Waals surface area contributed by atoms with Crippen LogP contribution in [0.2, 0.25) is 0 Å². The third-order valence-electron chi connectivity index (χ3n) is 2.23. The van der Waals surface area contributed by atoms with E-state index in [0.717, 1.165) is 6.07 Å². The van der Waals surface area contributed by atoms with Crippen LogP contribution in [-0.4, -0.2) is 5.11 Å². The minimum atomic E-state index is -0.814. The van der Waals surface area contributed by atoms with E-state index < -0.39 is 6.67 Å². The Kier molecular flexibility index (Phi) is 2.19. The SMILES string of the molecule is Cc1cc2oc(CF)cc(=O)c2cc1O. The fourth-order valence-electron chi connectivity index (χ4n) is 1.41. The standard InChI is InChI=1S/C11H9FO3/c1-6-2-11-8(4-9(6)13)10(14)3-7(5-12)15-11/h2-4,13H,5H2,1H3. The molecule has 0 fully saturated rings. The van der Waals surface area contributed by atoms with Crippen molar-refractivity contribution >= 4 is 11.0 Å². The van der Waals surface area contributed by atoms with Crippen molar-refractivity contribution in [1.29, 1.82) is 0 Å². The van der Waals surface area contributed by atoms with Crippen LogP contribution < -0.4 is 5.43 Å². The maximum Gasteiger partial charge on any atom is 0.193 e. The lowest BCUT2D eigenvalue weighted by Gasteiger charge is -2.02. The van der Waals surface area contributed by atoms with Crippen LogP contribution in [0, 0.1) is 6.92 Å². The second kappa shape index (κ2) is 3.38. The van der Waals surface area contributed by atoms with Crippen molar-refractivity contribution in [3.63, 3.8) is 0 Å². The third-order valence-corrected chi connectivity index (χ3v) is 2.23. The van der Waals surface area contributed by atoms with Gasteiger partial charge in [0.2, 0.25) is 0 Å². The first-order valence-electron chi connectivity index (χ1n) is 4.44. The summed E-state index contributed by atoms with van der Waals surface area (Å²) in [6, 6.07) is 3.95. The van der Waals surface area contributed by atoms with Crippen molar-refractivity contribution in [3.8, 4) is 5.75 Å². The highest BCUT2D eigenvalue weighted by molar-refractivity contribution is 5.79. The van der Waals surface area contributed by atoms with Gasteiger partial charge in [0.25, 0.3) is 0 Å². The number of phenols is 1. The molecule has 0 radical (unpaired) electrons. The molecular weight excluding hydrogens is 199 g/mol. The molecule has 0 amide bonds. The van der Waals surface area contributed by atoms with Crippen LogP contribution >= 0.6 is 0 Å². The number of phenolic OH excluding ortho intramolecular Hbond substituents is 1. The number of aromatic hydroxyl groups is 1. The van der Waals surface area contributed by atoms with Gasteiger partial charge in [-0.1, -0.05) is 0 Å². The Morgan fingerprint density at radius 2 is 2.13 bits per heavy atom. The van der Waals surface area contributed by atoms with E-state index in [1.54, 1.807) is 6.92 Å². The highest BCUT2D eigenvalue weighted by atomic mass is 19.1. The van der Waals surface area contributed by atoms with Crippen LogP contribution in [0.1, 0.15) is 11.3 Å². The first kappa shape index (κ1) is 9.71. The molecule has 0 atom stereocenters. The fourth-order valence-corrected chi connectivity index (χ4v) is 1.41. The zero-order valence-corrected chi connectivity index (χ0v) is 8.08. The Morgan fingerprint density at radius 3 is 2.80 bits per heavy atom. The summed E-state index contributed by atoms with van der Waals surface area (Å²) < 4.78 is 17.5. The maximum absolute atomic E-state index is 12.3. The first-order chi connectivity index (χ1) is 7.11. The molecule has 2 aromatic rings. The second-order valence-corrected chi connectivity index (χ2v) is 3.35. The second-order valence-electron chi connectivity index (χ2n) is 3.35. The van der Waals surface area contributed by atoms with E-state index in [1.165, 1.54) is 12.1 Å². The molecule has 2 rings (SSSR count). The number of hydrogen-bond acceptors (Lipinski definition) is 3. The lowest BCUT2D eigenvalue weighted by Crippen LogP contribution is -2.01. The van der Waals surface area contributed by atoms with Crippen LogP contribution in [0.15, 0.2) is 27.4 Å². The van der Waals surface area contributed by atoms with E-state index in [9.17, 15) is 14.3 Å². The van der Waals surface area contributed by atoms with Crippen molar-refractivity contribution in [2.24, 2.45) is 0 Å². The average Bonchev–Trinajstić information content (AvgIpc) is 2.21. The van der Waals surface area contributed by atoms with E-state index >= 15 is 0 Å². The molecule has 0 aliphatic heterocycles. The molecule has 78 valence electrons. The van der Waals surface area contributed by atoms with Gasteiger partial charge in [0, 0.05) is 6.07 Å². The van der Waals surface area contributed by atoms with Gasteiger partial charge in [-0.25, -0.2) is 4.39 Å². The molecule has 0 spiro atoms. The molecule has 0 unspecified atom stereocenters. The Hall–Kier alpha value is -1.84. The summed E-state index contributed by atoms with van der Waals surface area (Å²) in [5.41, 5.74) is 0.534. The molecule has 1 aromatic carbocycles. The van der Waals surface area contributed by atoms with E-state index in [1.807, 2.05) is 0 Å².